The molecule has 1 N–H and O–H groups in total. The lowest BCUT2D eigenvalue weighted by molar-refractivity contribution is 0.0952. The van der Waals surface area contributed by atoms with E-state index in [-0.39, 0.29) is 5.56 Å². The average Bonchev–Trinajstić information content (AvgIpc) is 2.49. The first-order chi connectivity index (χ1) is 10.6. The molecule has 22 heavy (non-hydrogen) atoms. The van der Waals surface area contributed by atoms with Gasteiger partial charge in [0.25, 0.3) is 5.91 Å². The van der Waals surface area contributed by atoms with Crippen molar-refractivity contribution in [1.82, 2.24) is 5.32 Å². The third-order valence-corrected chi connectivity index (χ3v) is 4.52. The van der Waals surface area contributed by atoms with Crippen molar-refractivity contribution >= 4 is 40.9 Å². The summed E-state index contributed by atoms with van der Waals surface area (Å²) in [5.74, 6) is 0.522. The van der Waals surface area contributed by atoms with Gasteiger partial charge in [-0.2, -0.15) is 11.8 Å². The Morgan fingerprint density at radius 3 is 2.68 bits per heavy atom. The van der Waals surface area contributed by atoms with Crippen LogP contribution in [0.4, 0.5) is 4.39 Å². The first kappa shape index (κ1) is 17.1. The molecule has 0 atom stereocenters. The summed E-state index contributed by atoms with van der Waals surface area (Å²) < 4.78 is 13.4. The van der Waals surface area contributed by atoms with E-state index in [4.69, 9.17) is 23.2 Å². The molecule has 2 nitrogen and oxygen atoms in total. The lowest BCUT2D eigenvalue weighted by Gasteiger charge is -2.07. The van der Waals surface area contributed by atoms with Gasteiger partial charge in [-0.25, -0.2) is 4.39 Å². The fourth-order valence-electron chi connectivity index (χ4n) is 1.80. The molecule has 6 heteroatoms. The van der Waals surface area contributed by atoms with E-state index >= 15 is 0 Å². The topological polar surface area (TPSA) is 29.1 Å². The molecule has 0 heterocycles. The third kappa shape index (κ3) is 4.90. The minimum Gasteiger partial charge on any atom is -0.351 e. The fourth-order valence-corrected chi connectivity index (χ4v) is 3.22. The Hall–Kier alpha value is -1.23. The number of amides is 1. The highest BCUT2D eigenvalue weighted by molar-refractivity contribution is 7.98. The number of hydrogen-bond donors (Lipinski definition) is 1. The molecule has 0 aliphatic heterocycles. The van der Waals surface area contributed by atoms with E-state index in [0.29, 0.717) is 22.3 Å². The molecule has 1 amide bonds. The zero-order valence-corrected chi connectivity index (χ0v) is 13.9. The summed E-state index contributed by atoms with van der Waals surface area (Å²) in [5, 5.41) is 3.94. The largest absolute Gasteiger partial charge is 0.351 e. The summed E-state index contributed by atoms with van der Waals surface area (Å²) in [6, 6.07) is 11.3. The molecule has 0 aliphatic carbocycles. The number of carbonyl (C=O) groups excluding carboxylic acids is 1. The van der Waals surface area contributed by atoms with Crippen LogP contribution in [0.1, 0.15) is 15.9 Å². The Morgan fingerprint density at radius 1 is 1.18 bits per heavy atom. The number of hydrogen-bond acceptors (Lipinski definition) is 2. The predicted octanol–water partition coefficient (Wildman–Crippen LogP) is 4.80. The molecular weight excluding hydrogens is 344 g/mol. The Labute approximate surface area is 143 Å². The van der Waals surface area contributed by atoms with Gasteiger partial charge in [-0.1, -0.05) is 41.4 Å². The van der Waals surface area contributed by atoms with Crippen LogP contribution in [0.5, 0.6) is 0 Å². The second-order valence-corrected chi connectivity index (χ2v) is 6.47. The highest BCUT2D eigenvalue weighted by Gasteiger charge is 2.09. The fraction of sp³-hybridized carbons (Fsp3) is 0.188. The molecule has 0 spiro atoms. The van der Waals surface area contributed by atoms with E-state index in [1.165, 1.54) is 12.1 Å². The molecule has 0 fully saturated rings. The molecular formula is C16H14Cl2FNOS. The van der Waals surface area contributed by atoms with Gasteiger partial charge in [-0.15, -0.1) is 0 Å². The maximum absolute atomic E-state index is 13.4. The van der Waals surface area contributed by atoms with Crippen molar-refractivity contribution in [2.75, 3.05) is 12.3 Å². The smallest absolute Gasteiger partial charge is 0.254 e. The van der Waals surface area contributed by atoms with Crippen molar-refractivity contribution < 1.29 is 9.18 Å². The zero-order chi connectivity index (χ0) is 15.9. The summed E-state index contributed by atoms with van der Waals surface area (Å²) in [6.45, 7) is 0.461. The minimum absolute atomic E-state index is 0.0632. The molecule has 0 aromatic heterocycles. The second kappa shape index (κ2) is 8.42. The van der Waals surface area contributed by atoms with Gasteiger partial charge in [0.05, 0.1) is 5.56 Å². The van der Waals surface area contributed by atoms with E-state index in [1.807, 2.05) is 6.07 Å². The van der Waals surface area contributed by atoms with E-state index in [1.54, 1.807) is 36.0 Å². The van der Waals surface area contributed by atoms with E-state index < -0.39 is 11.7 Å². The van der Waals surface area contributed by atoms with E-state index in [9.17, 15) is 9.18 Å². The number of nitrogens with one attached hydrogen (secondary N) is 1. The van der Waals surface area contributed by atoms with Crippen LogP contribution >= 0.6 is 35.0 Å². The normalized spacial score (nSPS) is 10.5. The van der Waals surface area contributed by atoms with Crippen LogP contribution < -0.4 is 5.32 Å². The molecule has 2 aromatic rings. The third-order valence-electron chi connectivity index (χ3n) is 2.92. The van der Waals surface area contributed by atoms with Gasteiger partial charge >= 0.3 is 0 Å². The average molecular weight is 358 g/mol. The molecule has 0 radical (unpaired) electrons. The highest BCUT2D eigenvalue weighted by Crippen LogP contribution is 2.24. The van der Waals surface area contributed by atoms with Gasteiger partial charge in [0, 0.05) is 28.1 Å². The number of rotatable bonds is 6. The van der Waals surface area contributed by atoms with Crippen molar-refractivity contribution in [3.8, 4) is 0 Å². The number of thioether (sulfide) groups is 1. The van der Waals surface area contributed by atoms with Gasteiger partial charge < -0.3 is 5.32 Å². The monoisotopic (exact) mass is 357 g/mol. The lowest BCUT2D eigenvalue weighted by Crippen LogP contribution is -2.26. The van der Waals surface area contributed by atoms with Gasteiger partial charge in [0.15, 0.2) is 0 Å². The first-order valence-electron chi connectivity index (χ1n) is 6.62. The highest BCUT2D eigenvalue weighted by atomic mass is 35.5. The van der Waals surface area contributed by atoms with E-state index in [0.717, 1.165) is 11.3 Å². The summed E-state index contributed by atoms with van der Waals surface area (Å²) in [6.07, 6.45) is 0. The van der Waals surface area contributed by atoms with Gasteiger partial charge in [-0.05, 0) is 29.8 Å². The van der Waals surface area contributed by atoms with Crippen LogP contribution in [0.15, 0.2) is 42.5 Å². The molecule has 0 saturated carbocycles. The van der Waals surface area contributed by atoms with Crippen molar-refractivity contribution in [3.63, 3.8) is 0 Å². The Bertz CT molecular complexity index is 666. The van der Waals surface area contributed by atoms with Gasteiger partial charge in [-0.3, -0.25) is 4.79 Å². The van der Waals surface area contributed by atoms with Crippen LogP contribution in [0.2, 0.25) is 10.0 Å². The zero-order valence-electron chi connectivity index (χ0n) is 11.6. The van der Waals surface area contributed by atoms with Crippen molar-refractivity contribution in [2.45, 2.75) is 5.75 Å². The molecule has 0 saturated heterocycles. The maximum Gasteiger partial charge on any atom is 0.254 e. The Balaban J connectivity index is 1.73. The molecule has 0 aliphatic rings. The second-order valence-electron chi connectivity index (χ2n) is 4.52. The summed E-state index contributed by atoms with van der Waals surface area (Å²) in [4.78, 5) is 11.8. The number of benzene rings is 2. The Morgan fingerprint density at radius 2 is 1.95 bits per heavy atom. The SMILES string of the molecule is O=C(NCCSCc1ccc(Cl)cc1Cl)c1ccccc1F. The summed E-state index contributed by atoms with van der Waals surface area (Å²) in [5.41, 5.74) is 1.06. The predicted molar refractivity (Wildman–Crippen MR) is 91.4 cm³/mol. The van der Waals surface area contributed by atoms with E-state index in [2.05, 4.69) is 5.32 Å². The number of carbonyl (C=O) groups is 1. The van der Waals surface area contributed by atoms with Gasteiger partial charge in [0.2, 0.25) is 0 Å². The molecule has 2 aromatic carbocycles. The van der Waals surface area contributed by atoms with Gasteiger partial charge in [0.1, 0.15) is 5.82 Å². The van der Waals surface area contributed by atoms with Crippen LogP contribution in [0.3, 0.4) is 0 Å². The van der Waals surface area contributed by atoms with Crippen LogP contribution in [0, 0.1) is 5.82 Å². The maximum atomic E-state index is 13.4. The van der Waals surface area contributed by atoms with Crippen molar-refractivity contribution in [2.24, 2.45) is 0 Å². The molecule has 0 bridgehead atoms. The Kier molecular flexibility index (Phi) is 6.55. The minimum atomic E-state index is -0.513. The standard InChI is InChI=1S/C16H14Cl2FNOS/c17-12-6-5-11(14(18)9-12)10-22-8-7-20-16(21)13-3-1-2-4-15(13)19/h1-6,9H,7-8,10H2,(H,20,21). The first-order valence-corrected chi connectivity index (χ1v) is 8.53. The number of halogens is 3. The molecule has 116 valence electrons. The van der Waals surface area contributed by atoms with Crippen molar-refractivity contribution in [1.29, 1.82) is 0 Å². The van der Waals surface area contributed by atoms with Crippen LogP contribution in [-0.2, 0) is 5.75 Å². The lowest BCUT2D eigenvalue weighted by atomic mass is 10.2. The van der Waals surface area contributed by atoms with Crippen LogP contribution in [-0.4, -0.2) is 18.2 Å². The molecule has 0 unspecified atom stereocenters. The summed E-state index contributed by atoms with van der Waals surface area (Å²) >= 11 is 13.5. The van der Waals surface area contributed by atoms with Crippen LogP contribution in [0.25, 0.3) is 0 Å². The van der Waals surface area contributed by atoms with Crippen molar-refractivity contribution in [3.05, 3.63) is 69.5 Å². The quantitative estimate of drug-likeness (QED) is 0.752. The molecule has 2 rings (SSSR count). The summed E-state index contributed by atoms with van der Waals surface area (Å²) in [7, 11) is 0.